The van der Waals surface area contributed by atoms with Gasteiger partial charge in [-0.05, 0) is 39.2 Å². The van der Waals surface area contributed by atoms with Gasteiger partial charge in [0.15, 0.2) is 5.82 Å². The van der Waals surface area contributed by atoms with Crippen LogP contribution in [0, 0.1) is 6.92 Å². The Hall–Kier alpha value is -1.89. The molecule has 1 aromatic heterocycles. The zero-order chi connectivity index (χ0) is 17.1. The van der Waals surface area contributed by atoms with Gasteiger partial charge in [-0.3, -0.25) is 14.5 Å². The van der Waals surface area contributed by atoms with Crippen LogP contribution in [0.5, 0.6) is 0 Å². The first-order valence-corrected chi connectivity index (χ1v) is 8.79. The molecule has 2 aliphatic heterocycles. The highest BCUT2D eigenvalue weighted by Gasteiger charge is 2.38. The lowest BCUT2D eigenvalue weighted by atomic mass is 10.0. The largest absolute Gasteiger partial charge is 0.360 e. The molecule has 7 heteroatoms. The first kappa shape index (κ1) is 17.0. The number of carbonyl (C=O) groups excluding carboxylic acids is 2. The van der Waals surface area contributed by atoms with E-state index in [0.29, 0.717) is 30.1 Å². The minimum absolute atomic E-state index is 0.0520. The Kier molecular flexibility index (Phi) is 5.18. The summed E-state index contributed by atoms with van der Waals surface area (Å²) in [6.07, 6.45) is 4.83. The standard InChI is InChI=1S/C17H26N4O3/c1-12-11-16(19-24-12)18-17(23)7-10-20-8-3-5-14(20)15-6-4-9-21(15)13(2)22/h11,14-15H,3-10H2,1-2H3,(H,18,19,23)/t14-,15-/m1/s1. The van der Waals surface area contributed by atoms with E-state index in [1.165, 1.54) is 0 Å². The van der Waals surface area contributed by atoms with E-state index >= 15 is 0 Å². The molecule has 0 bridgehead atoms. The maximum atomic E-state index is 12.1. The molecule has 0 spiro atoms. The molecule has 2 fully saturated rings. The van der Waals surface area contributed by atoms with Gasteiger partial charge in [0.25, 0.3) is 0 Å². The van der Waals surface area contributed by atoms with Crippen LogP contribution in [-0.2, 0) is 9.59 Å². The number of aryl methyl sites for hydroxylation is 1. The fraction of sp³-hybridized carbons (Fsp3) is 0.706. The Morgan fingerprint density at radius 2 is 2.04 bits per heavy atom. The van der Waals surface area contributed by atoms with Crippen molar-refractivity contribution in [2.45, 2.75) is 58.0 Å². The van der Waals surface area contributed by atoms with Crippen LogP contribution in [0.25, 0.3) is 0 Å². The van der Waals surface area contributed by atoms with Crippen molar-refractivity contribution in [3.63, 3.8) is 0 Å². The monoisotopic (exact) mass is 334 g/mol. The van der Waals surface area contributed by atoms with E-state index in [-0.39, 0.29) is 11.8 Å². The maximum absolute atomic E-state index is 12.1. The molecule has 0 radical (unpaired) electrons. The second-order valence-corrected chi connectivity index (χ2v) is 6.79. The van der Waals surface area contributed by atoms with Gasteiger partial charge in [-0.2, -0.15) is 0 Å². The molecule has 0 aliphatic carbocycles. The van der Waals surface area contributed by atoms with Crippen molar-refractivity contribution < 1.29 is 14.1 Å². The summed E-state index contributed by atoms with van der Waals surface area (Å²) in [5, 5.41) is 6.54. The lowest BCUT2D eigenvalue weighted by Gasteiger charge is -2.34. The van der Waals surface area contributed by atoms with E-state index in [9.17, 15) is 9.59 Å². The Morgan fingerprint density at radius 1 is 1.29 bits per heavy atom. The highest BCUT2D eigenvalue weighted by Crippen LogP contribution is 2.30. The summed E-state index contributed by atoms with van der Waals surface area (Å²) in [6, 6.07) is 2.41. The van der Waals surface area contributed by atoms with Gasteiger partial charge in [0, 0.05) is 44.6 Å². The summed E-state index contributed by atoms with van der Waals surface area (Å²) in [5.41, 5.74) is 0. The van der Waals surface area contributed by atoms with Gasteiger partial charge in [-0.1, -0.05) is 5.16 Å². The lowest BCUT2D eigenvalue weighted by Crippen LogP contribution is -2.48. The average molecular weight is 334 g/mol. The molecule has 1 N–H and O–H groups in total. The molecule has 0 aromatic carbocycles. The zero-order valence-electron chi connectivity index (χ0n) is 14.5. The molecule has 0 unspecified atom stereocenters. The van der Waals surface area contributed by atoms with Crippen LogP contribution < -0.4 is 5.32 Å². The van der Waals surface area contributed by atoms with Crippen molar-refractivity contribution in [1.29, 1.82) is 0 Å². The second kappa shape index (κ2) is 7.34. The van der Waals surface area contributed by atoms with Crippen molar-refractivity contribution in [3.05, 3.63) is 11.8 Å². The number of rotatable bonds is 5. The summed E-state index contributed by atoms with van der Waals surface area (Å²) in [5.74, 6) is 1.26. The number of aromatic nitrogens is 1. The molecule has 2 amide bonds. The number of nitrogens with zero attached hydrogens (tertiary/aromatic N) is 3. The Balaban J connectivity index is 1.52. The topological polar surface area (TPSA) is 78.7 Å². The summed E-state index contributed by atoms with van der Waals surface area (Å²) < 4.78 is 4.95. The first-order chi connectivity index (χ1) is 11.5. The van der Waals surface area contributed by atoms with E-state index in [0.717, 1.165) is 45.3 Å². The highest BCUT2D eigenvalue weighted by atomic mass is 16.5. The fourth-order valence-corrected chi connectivity index (χ4v) is 4.02. The van der Waals surface area contributed by atoms with Crippen LogP contribution in [0.4, 0.5) is 5.82 Å². The Bertz CT molecular complexity index is 600. The van der Waals surface area contributed by atoms with E-state index in [1.807, 2.05) is 4.90 Å². The van der Waals surface area contributed by atoms with Gasteiger partial charge in [0.05, 0.1) is 0 Å². The molecule has 7 nitrogen and oxygen atoms in total. The van der Waals surface area contributed by atoms with Gasteiger partial charge < -0.3 is 14.7 Å². The maximum Gasteiger partial charge on any atom is 0.226 e. The quantitative estimate of drug-likeness (QED) is 0.888. The molecule has 2 atom stereocenters. The van der Waals surface area contributed by atoms with E-state index in [1.54, 1.807) is 19.9 Å². The minimum atomic E-state index is -0.0520. The molecular weight excluding hydrogens is 308 g/mol. The molecule has 2 aliphatic rings. The first-order valence-electron chi connectivity index (χ1n) is 8.79. The van der Waals surface area contributed by atoms with Crippen molar-refractivity contribution in [3.8, 4) is 0 Å². The van der Waals surface area contributed by atoms with Gasteiger partial charge >= 0.3 is 0 Å². The molecule has 2 saturated heterocycles. The van der Waals surface area contributed by atoms with Gasteiger partial charge in [-0.15, -0.1) is 0 Å². The summed E-state index contributed by atoms with van der Waals surface area (Å²) in [7, 11) is 0. The summed E-state index contributed by atoms with van der Waals surface area (Å²) in [4.78, 5) is 28.3. The van der Waals surface area contributed by atoms with Crippen molar-refractivity contribution in [2.75, 3.05) is 25.0 Å². The summed E-state index contributed by atoms with van der Waals surface area (Å²) in [6.45, 7) is 6.04. The molecule has 132 valence electrons. The van der Waals surface area contributed by atoms with Crippen LogP contribution in [0.3, 0.4) is 0 Å². The highest BCUT2D eigenvalue weighted by molar-refractivity contribution is 5.89. The van der Waals surface area contributed by atoms with Crippen molar-refractivity contribution in [1.82, 2.24) is 15.0 Å². The Labute approximate surface area is 142 Å². The predicted octanol–water partition coefficient (Wildman–Crippen LogP) is 1.79. The number of nitrogens with one attached hydrogen (secondary N) is 1. The predicted molar refractivity (Wildman–Crippen MR) is 89.5 cm³/mol. The molecule has 3 heterocycles. The SMILES string of the molecule is CC(=O)N1CCC[C@@H]1[C@H]1CCCN1CCC(=O)Nc1cc(C)on1. The smallest absolute Gasteiger partial charge is 0.226 e. The molecule has 3 rings (SSSR count). The normalized spacial score (nSPS) is 24.5. The number of likely N-dealkylation sites (tertiary alicyclic amines) is 2. The van der Waals surface area contributed by atoms with Crippen LogP contribution in [-0.4, -0.2) is 58.5 Å². The van der Waals surface area contributed by atoms with E-state index < -0.39 is 0 Å². The number of hydrogen-bond donors (Lipinski definition) is 1. The van der Waals surface area contributed by atoms with Gasteiger partial charge in [-0.25, -0.2) is 0 Å². The third-order valence-corrected chi connectivity index (χ3v) is 5.08. The zero-order valence-corrected chi connectivity index (χ0v) is 14.5. The Morgan fingerprint density at radius 3 is 2.75 bits per heavy atom. The fourth-order valence-electron chi connectivity index (χ4n) is 4.02. The molecule has 1 aromatic rings. The molecule has 0 saturated carbocycles. The number of amides is 2. The number of anilines is 1. The minimum Gasteiger partial charge on any atom is -0.360 e. The third-order valence-electron chi connectivity index (χ3n) is 5.08. The summed E-state index contributed by atoms with van der Waals surface area (Å²) >= 11 is 0. The van der Waals surface area contributed by atoms with Crippen LogP contribution in [0.2, 0.25) is 0 Å². The third kappa shape index (κ3) is 3.77. The van der Waals surface area contributed by atoms with E-state index in [2.05, 4.69) is 15.4 Å². The van der Waals surface area contributed by atoms with E-state index in [4.69, 9.17) is 4.52 Å². The van der Waals surface area contributed by atoms with Crippen LogP contribution in [0.1, 0.15) is 44.8 Å². The van der Waals surface area contributed by atoms with Crippen LogP contribution in [0.15, 0.2) is 10.6 Å². The average Bonchev–Trinajstić information content (AvgIpc) is 3.24. The van der Waals surface area contributed by atoms with Gasteiger partial charge in [0.1, 0.15) is 5.76 Å². The van der Waals surface area contributed by atoms with Crippen molar-refractivity contribution >= 4 is 17.6 Å². The van der Waals surface area contributed by atoms with Crippen molar-refractivity contribution in [2.24, 2.45) is 0 Å². The number of carbonyl (C=O) groups is 2. The molecule has 24 heavy (non-hydrogen) atoms. The number of hydrogen-bond acceptors (Lipinski definition) is 5. The second-order valence-electron chi connectivity index (χ2n) is 6.79. The molecular formula is C17H26N4O3. The van der Waals surface area contributed by atoms with Crippen LogP contribution >= 0.6 is 0 Å². The van der Waals surface area contributed by atoms with Gasteiger partial charge in [0.2, 0.25) is 11.8 Å². The lowest BCUT2D eigenvalue weighted by molar-refractivity contribution is -0.130.